The van der Waals surface area contributed by atoms with Crippen LogP contribution in [0.5, 0.6) is 0 Å². The average Bonchev–Trinajstić information content (AvgIpc) is 2.79. The highest BCUT2D eigenvalue weighted by atomic mass is 79.9. The van der Waals surface area contributed by atoms with Crippen molar-refractivity contribution in [1.82, 2.24) is 4.57 Å². The molecule has 0 fully saturated rings. The predicted octanol–water partition coefficient (Wildman–Crippen LogP) is 4.39. The maximum absolute atomic E-state index is 11.4. The molecule has 0 bridgehead atoms. The number of fused-ring (bicyclic) bond motifs is 1. The Morgan fingerprint density at radius 1 is 1.35 bits per heavy atom. The SMILES string of the molecule is CCC(C(=O)O)c1cn(CCCCBr)c2ccccc12. The molecule has 1 N–H and O–H groups in total. The summed E-state index contributed by atoms with van der Waals surface area (Å²) in [6, 6.07) is 8.08. The molecule has 1 heterocycles. The van der Waals surface area contributed by atoms with Crippen molar-refractivity contribution in [2.24, 2.45) is 0 Å². The number of hydrogen-bond donors (Lipinski definition) is 1. The number of aromatic nitrogens is 1. The molecule has 1 unspecified atom stereocenters. The Labute approximate surface area is 127 Å². The molecule has 0 radical (unpaired) electrons. The smallest absolute Gasteiger partial charge is 0.311 e. The van der Waals surface area contributed by atoms with Gasteiger partial charge in [-0.25, -0.2) is 0 Å². The van der Waals surface area contributed by atoms with Crippen LogP contribution in [0.1, 0.15) is 37.7 Å². The fourth-order valence-electron chi connectivity index (χ4n) is 2.64. The number of alkyl halides is 1. The number of unbranched alkanes of at least 4 members (excludes halogenated alkanes) is 1. The molecule has 0 spiro atoms. The monoisotopic (exact) mass is 337 g/mol. The lowest BCUT2D eigenvalue weighted by atomic mass is 9.96. The minimum atomic E-state index is -0.740. The lowest BCUT2D eigenvalue weighted by Crippen LogP contribution is -2.10. The molecule has 1 aromatic heterocycles. The Morgan fingerprint density at radius 3 is 2.75 bits per heavy atom. The van der Waals surface area contributed by atoms with Crippen LogP contribution in [0.15, 0.2) is 30.5 Å². The fourth-order valence-corrected chi connectivity index (χ4v) is 3.04. The van der Waals surface area contributed by atoms with Crippen molar-refractivity contribution in [2.75, 3.05) is 5.33 Å². The van der Waals surface area contributed by atoms with Crippen LogP contribution in [-0.2, 0) is 11.3 Å². The molecule has 108 valence electrons. The first-order valence-electron chi connectivity index (χ1n) is 7.05. The summed E-state index contributed by atoms with van der Waals surface area (Å²) in [5.41, 5.74) is 2.08. The number of carboxylic acids is 1. The van der Waals surface area contributed by atoms with E-state index in [1.54, 1.807) is 0 Å². The zero-order valence-corrected chi connectivity index (χ0v) is 13.3. The van der Waals surface area contributed by atoms with Crippen LogP contribution in [0.4, 0.5) is 0 Å². The van der Waals surface area contributed by atoms with Gasteiger partial charge in [-0.3, -0.25) is 4.79 Å². The highest BCUT2D eigenvalue weighted by molar-refractivity contribution is 9.09. The molecule has 3 nitrogen and oxygen atoms in total. The van der Waals surface area contributed by atoms with Gasteiger partial charge in [0, 0.05) is 29.0 Å². The molecule has 0 saturated carbocycles. The van der Waals surface area contributed by atoms with Crippen LogP contribution in [0.2, 0.25) is 0 Å². The van der Waals surface area contributed by atoms with Gasteiger partial charge in [0.2, 0.25) is 0 Å². The highest BCUT2D eigenvalue weighted by Gasteiger charge is 2.22. The van der Waals surface area contributed by atoms with Gasteiger partial charge in [-0.1, -0.05) is 41.1 Å². The van der Waals surface area contributed by atoms with Gasteiger partial charge in [0.15, 0.2) is 0 Å². The van der Waals surface area contributed by atoms with E-state index in [1.165, 1.54) is 0 Å². The van der Waals surface area contributed by atoms with E-state index in [1.807, 2.05) is 31.3 Å². The summed E-state index contributed by atoms with van der Waals surface area (Å²) >= 11 is 3.44. The molecule has 1 aromatic carbocycles. The molecular weight excluding hydrogens is 318 g/mol. The minimum Gasteiger partial charge on any atom is -0.481 e. The van der Waals surface area contributed by atoms with Crippen molar-refractivity contribution in [2.45, 2.75) is 38.6 Å². The fraction of sp³-hybridized carbons (Fsp3) is 0.438. The molecule has 0 amide bonds. The molecule has 1 atom stereocenters. The van der Waals surface area contributed by atoms with Crippen LogP contribution in [0.25, 0.3) is 10.9 Å². The Bertz CT molecular complexity index is 591. The first-order valence-corrected chi connectivity index (χ1v) is 8.17. The first kappa shape index (κ1) is 15.1. The van der Waals surface area contributed by atoms with E-state index in [4.69, 9.17) is 0 Å². The van der Waals surface area contributed by atoms with E-state index >= 15 is 0 Å². The zero-order chi connectivity index (χ0) is 14.5. The zero-order valence-electron chi connectivity index (χ0n) is 11.7. The summed E-state index contributed by atoms with van der Waals surface area (Å²) in [6.45, 7) is 2.86. The third-order valence-corrected chi connectivity index (χ3v) is 4.24. The van der Waals surface area contributed by atoms with Gasteiger partial charge in [-0.2, -0.15) is 0 Å². The van der Waals surface area contributed by atoms with E-state index in [0.717, 1.165) is 41.2 Å². The number of aryl methyl sites for hydroxylation is 1. The van der Waals surface area contributed by atoms with Crippen molar-refractivity contribution >= 4 is 32.8 Å². The number of hydrogen-bond acceptors (Lipinski definition) is 1. The van der Waals surface area contributed by atoms with Crippen molar-refractivity contribution in [3.05, 3.63) is 36.0 Å². The van der Waals surface area contributed by atoms with Crippen molar-refractivity contribution in [3.63, 3.8) is 0 Å². The molecule has 20 heavy (non-hydrogen) atoms. The maximum atomic E-state index is 11.4. The summed E-state index contributed by atoms with van der Waals surface area (Å²) in [5.74, 6) is -1.16. The van der Waals surface area contributed by atoms with Gasteiger partial charge in [-0.05, 0) is 30.9 Å². The van der Waals surface area contributed by atoms with Gasteiger partial charge in [-0.15, -0.1) is 0 Å². The maximum Gasteiger partial charge on any atom is 0.311 e. The van der Waals surface area contributed by atoms with Gasteiger partial charge in [0.1, 0.15) is 0 Å². The topological polar surface area (TPSA) is 42.2 Å². The van der Waals surface area contributed by atoms with E-state index in [9.17, 15) is 9.90 Å². The Morgan fingerprint density at radius 2 is 2.10 bits per heavy atom. The van der Waals surface area contributed by atoms with Crippen LogP contribution >= 0.6 is 15.9 Å². The van der Waals surface area contributed by atoms with E-state index in [-0.39, 0.29) is 0 Å². The summed E-state index contributed by atoms with van der Waals surface area (Å²) in [5, 5.41) is 11.5. The van der Waals surface area contributed by atoms with Crippen molar-refractivity contribution in [1.29, 1.82) is 0 Å². The highest BCUT2D eigenvalue weighted by Crippen LogP contribution is 2.30. The molecule has 0 saturated heterocycles. The molecular formula is C16H20BrNO2. The molecule has 2 rings (SSSR count). The Hall–Kier alpha value is -1.29. The Kier molecular flexibility index (Phi) is 5.24. The van der Waals surface area contributed by atoms with Gasteiger partial charge < -0.3 is 9.67 Å². The average molecular weight is 338 g/mol. The second-order valence-electron chi connectivity index (χ2n) is 4.99. The van der Waals surface area contributed by atoms with Crippen LogP contribution in [0, 0.1) is 0 Å². The normalized spacial score (nSPS) is 12.7. The second-order valence-corrected chi connectivity index (χ2v) is 5.78. The summed E-state index contributed by atoms with van der Waals surface area (Å²) in [4.78, 5) is 11.4. The molecule has 0 aliphatic rings. The molecule has 0 aliphatic heterocycles. The third kappa shape index (κ3) is 3.06. The number of para-hydroxylation sites is 1. The van der Waals surface area contributed by atoms with Crippen molar-refractivity contribution in [3.8, 4) is 0 Å². The van der Waals surface area contributed by atoms with Crippen LogP contribution < -0.4 is 0 Å². The van der Waals surface area contributed by atoms with E-state index in [2.05, 4.69) is 26.6 Å². The molecule has 2 aromatic rings. The van der Waals surface area contributed by atoms with Gasteiger partial charge in [0.05, 0.1) is 5.92 Å². The number of carbonyl (C=O) groups is 1. The predicted molar refractivity (Wildman–Crippen MR) is 85.6 cm³/mol. The van der Waals surface area contributed by atoms with E-state index < -0.39 is 11.9 Å². The van der Waals surface area contributed by atoms with Crippen LogP contribution in [0.3, 0.4) is 0 Å². The molecule has 0 aliphatic carbocycles. The lowest BCUT2D eigenvalue weighted by molar-refractivity contribution is -0.138. The number of nitrogens with zero attached hydrogens (tertiary/aromatic N) is 1. The van der Waals surface area contributed by atoms with Gasteiger partial charge in [0.25, 0.3) is 0 Å². The number of halogens is 1. The Balaban J connectivity index is 2.42. The van der Waals surface area contributed by atoms with Crippen molar-refractivity contribution < 1.29 is 9.90 Å². The molecule has 4 heteroatoms. The number of aliphatic carboxylic acids is 1. The van der Waals surface area contributed by atoms with Gasteiger partial charge >= 0.3 is 5.97 Å². The number of rotatable bonds is 7. The standard InChI is InChI=1S/C16H20BrNO2/c1-2-12(16(19)20)14-11-18(10-6-5-9-17)15-8-4-3-7-13(14)15/h3-4,7-8,11-12H,2,5-6,9-10H2,1H3,(H,19,20). The number of benzene rings is 1. The van der Waals surface area contributed by atoms with Crippen LogP contribution in [-0.4, -0.2) is 21.0 Å². The first-order chi connectivity index (χ1) is 9.69. The summed E-state index contributed by atoms with van der Waals surface area (Å²) in [6.07, 6.45) is 4.86. The lowest BCUT2D eigenvalue weighted by Gasteiger charge is -2.08. The summed E-state index contributed by atoms with van der Waals surface area (Å²) in [7, 11) is 0. The number of carboxylic acid groups (broad SMARTS) is 1. The quantitative estimate of drug-likeness (QED) is 0.601. The summed E-state index contributed by atoms with van der Waals surface area (Å²) < 4.78 is 2.19. The third-order valence-electron chi connectivity index (χ3n) is 3.68. The second kappa shape index (κ2) is 6.93. The van der Waals surface area contributed by atoms with E-state index in [0.29, 0.717) is 6.42 Å². The largest absolute Gasteiger partial charge is 0.481 e. The minimum absolute atomic E-state index is 0.419.